The van der Waals surface area contributed by atoms with Crippen LogP contribution in [0.25, 0.3) is 11.1 Å². The molecule has 28 heavy (non-hydrogen) atoms. The summed E-state index contributed by atoms with van der Waals surface area (Å²) in [7, 11) is 0. The van der Waals surface area contributed by atoms with Crippen molar-refractivity contribution in [2.45, 2.75) is 19.5 Å². The van der Waals surface area contributed by atoms with E-state index in [1.807, 2.05) is 9.80 Å². The molecule has 150 valence electrons. The lowest BCUT2D eigenvalue weighted by atomic mass is 9.96. The van der Waals surface area contributed by atoms with Crippen LogP contribution in [0.1, 0.15) is 12.8 Å². The number of fused-ring (bicyclic) bond motifs is 1. The minimum atomic E-state index is -0.558. The van der Waals surface area contributed by atoms with Gasteiger partial charge in [-0.1, -0.05) is 0 Å². The topological polar surface area (TPSA) is 111 Å². The SMILES string of the molecule is O=C([C@@H]1CCCN(Cn2c(=O)oc3ccc([N+](=O)[O-])cc32)C1)N1CCOCC1. The number of piperidine rings is 1. The molecular formula is C18H22N4O6. The van der Waals surface area contributed by atoms with Crippen LogP contribution in [0.5, 0.6) is 0 Å². The molecule has 0 bridgehead atoms. The molecule has 4 rings (SSSR count). The van der Waals surface area contributed by atoms with Gasteiger partial charge in [0.25, 0.3) is 5.69 Å². The number of benzene rings is 1. The summed E-state index contributed by atoms with van der Waals surface area (Å²) in [5, 5.41) is 11.0. The highest BCUT2D eigenvalue weighted by atomic mass is 16.6. The number of non-ortho nitro benzene ring substituents is 1. The standard InChI is InChI=1S/C18H22N4O6/c23-17(20-6-8-27-9-7-20)13-2-1-5-19(11-13)12-21-15-10-14(22(25)26)3-4-16(15)28-18(21)24/h3-4,10,13H,1-2,5-9,11-12H2/t13-/m1/s1. The van der Waals surface area contributed by atoms with E-state index in [9.17, 15) is 19.7 Å². The highest BCUT2D eigenvalue weighted by Gasteiger charge is 2.30. The molecule has 2 aliphatic heterocycles. The minimum Gasteiger partial charge on any atom is -0.408 e. The Morgan fingerprint density at radius 3 is 2.79 bits per heavy atom. The highest BCUT2D eigenvalue weighted by molar-refractivity contribution is 5.79. The van der Waals surface area contributed by atoms with Crippen LogP contribution < -0.4 is 5.76 Å². The number of oxazole rings is 1. The lowest BCUT2D eigenvalue weighted by Gasteiger charge is -2.36. The summed E-state index contributed by atoms with van der Waals surface area (Å²) < 4.78 is 11.9. The molecule has 0 aliphatic carbocycles. The Bertz CT molecular complexity index is 945. The van der Waals surface area contributed by atoms with Crippen LogP contribution in [-0.2, 0) is 16.2 Å². The number of hydrogen-bond acceptors (Lipinski definition) is 7. The fraction of sp³-hybridized carbons (Fsp3) is 0.556. The zero-order valence-electron chi connectivity index (χ0n) is 15.4. The zero-order valence-corrected chi connectivity index (χ0v) is 15.4. The number of nitrogens with zero attached hydrogens (tertiary/aromatic N) is 4. The van der Waals surface area contributed by atoms with Crippen LogP contribution in [-0.4, -0.2) is 64.6 Å². The van der Waals surface area contributed by atoms with Gasteiger partial charge in [0, 0.05) is 31.8 Å². The first-order chi connectivity index (χ1) is 13.5. The van der Waals surface area contributed by atoms with Gasteiger partial charge in [-0.25, -0.2) is 4.79 Å². The lowest BCUT2D eigenvalue weighted by Crippen LogP contribution is -2.48. The molecule has 1 amide bonds. The van der Waals surface area contributed by atoms with Gasteiger partial charge in [0.1, 0.15) is 0 Å². The maximum atomic E-state index is 12.8. The molecule has 1 aromatic heterocycles. The minimum absolute atomic E-state index is 0.0962. The summed E-state index contributed by atoms with van der Waals surface area (Å²) in [6.07, 6.45) is 1.67. The molecular weight excluding hydrogens is 368 g/mol. The molecule has 0 N–H and O–H groups in total. The normalized spacial score (nSPS) is 21.1. The quantitative estimate of drug-likeness (QED) is 0.566. The van der Waals surface area contributed by atoms with Crippen molar-refractivity contribution in [1.29, 1.82) is 0 Å². The molecule has 10 nitrogen and oxygen atoms in total. The molecule has 3 heterocycles. The number of carbonyl (C=O) groups is 1. The first-order valence-corrected chi connectivity index (χ1v) is 9.39. The summed E-state index contributed by atoms with van der Waals surface area (Å²) in [6, 6.07) is 4.10. The van der Waals surface area contributed by atoms with E-state index in [4.69, 9.17) is 9.15 Å². The van der Waals surface area contributed by atoms with Crippen molar-refractivity contribution >= 4 is 22.7 Å². The van der Waals surface area contributed by atoms with E-state index in [1.165, 1.54) is 22.8 Å². The van der Waals surface area contributed by atoms with E-state index >= 15 is 0 Å². The summed E-state index contributed by atoms with van der Waals surface area (Å²) >= 11 is 0. The van der Waals surface area contributed by atoms with Crippen LogP contribution in [0.4, 0.5) is 5.69 Å². The first-order valence-electron chi connectivity index (χ1n) is 9.39. The van der Waals surface area contributed by atoms with E-state index in [0.29, 0.717) is 43.9 Å². The van der Waals surface area contributed by atoms with Crippen LogP contribution in [0.15, 0.2) is 27.4 Å². The third-order valence-electron chi connectivity index (χ3n) is 5.38. The molecule has 1 atom stereocenters. The molecule has 0 spiro atoms. The Morgan fingerprint density at radius 2 is 2.04 bits per heavy atom. The predicted octanol–water partition coefficient (Wildman–Crippen LogP) is 1.03. The molecule has 2 aromatic rings. The number of ether oxygens (including phenoxy) is 1. The number of amides is 1. The van der Waals surface area contributed by atoms with Crippen molar-refractivity contribution < 1.29 is 18.9 Å². The van der Waals surface area contributed by atoms with Crippen molar-refractivity contribution in [2.75, 3.05) is 39.4 Å². The predicted molar refractivity (Wildman–Crippen MR) is 98.8 cm³/mol. The second kappa shape index (κ2) is 7.72. The van der Waals surface area contributed by atoms with Gasteiger partial charge >= 0.3 is 5.76 Å². The first kappa shape index (κ1) is 18.6. The number of aromatic nitrogens is 1. The Morgan fingerprint density at radius 1 is 1.25 bits per heavy atom. The van der Waals surface area contributed by atoms with Crippen LogP contribution in [0.3, 0.4) is 0 Å². The number of hydrogen-bond donors (Lipinski definition) is 0. The monoisotopic (exact) mass is 390 g/mol. The molecule has 0 saturated carbocycles. The third kappa shape index (κ3) is 3.65. The van der Waals surface area contributed by atoms with Crippen molar-refractivity contribution in [3.8, 4) is 0 Å². The number of morpholine rings is 1. The van der Waals surface area contributed by atoms with E-state index in [2.05, 4.69) is 0 Å². The van der Waals surface area contributed by atoms with Gasteiger partial charge in [-0.2, -0.15) is 0 Å². The molecule has 2 saturated heterocycles. The number of nitro groups is 1. The zero-order chi connectivity index (χ0) is 19.7. The largest absolute Gasteiger partial charge is 0.421 e. The smallest absolute Gasteiger partial charge is 0.408 e. The van der Waals surface area contributed by atoms with E-state index in [0.717, 1.165) is 19.4 Å². The molecule has 10 heteroatoms. The van der Waals surface area contributed by atoms with Gasteiger partial charge in [0.05, 0.1) is 36.2 Å². The third-order valence-corrected chi connectivity index (χ3v) is 5.38. The Hall–Kier alpha value is -2.72. The van der Waals surface area contributed by atoms with Gasteiger partial charge in [-0.15, -0.1) is 0 Å². The fourth-order valence-electron chi connectivity index (χ4n) is 3.93. The second-order valence-corrected chi connectivity index (χ2v) is 7.20. The Kier molecular flexibility index (Phi) is 5.14. The number of likely N-dealkylation sites (tertiary alicyclic amines) is 1. The van der Waals surface area contributed by atoms with Crippen molar-refractivity contribution in [3.63, 3.8) is 0 Å². The molecule has 1 aromatic carbocycles. The van der Waals surface area contributed by atoms with Crippen molar-refractivity contribution in [2.24, 2.45) is 5.92 Å². The average molecular weight is 390 g/mol. The molecule has 2 fully saturated rings. The summed E-state index contributed by atoms with van der Waals surface area (Å²) in [4.78, 5) is 39.5. The van der Waals surface area contributed by atoms with Gasteiger partial charge in [0.15, 0.2) is 5.58 Å². The summed E-state index contributed by atoms with van der Waals surface area (Å²) in [6.45, 7) is 3.90. The van der Waals surface area contributed by atoms with Crippen molar-refractivity contribution in [1.82, 2.24) is 14.4 Å². The van der Waals surface area contributed by atoms with Crippen molar-refractivity contribution in [3.05, 3.63) is 38.9 Å². The maximum absolute atomic E-state index is 12.8. The van der Waals surface area contributed by atoms with Crippen LogP contribution >= 0.6 is 0 Å². The van der Waals surface area contributed by atoms with Gasteiger partial charge in [0.2, 0.25) is 5.91 Å². The second-order valence-electron chi connectivity index (χ2n) is 7.20. The summed E-state index contributed by atoms with van der Waals surface area (Å²) in [5.41, 5.74) is 0.607. The summed E-state index contributed by atoms with van der Waals surface area (Å²) in [5.74, 6) is -0.541. The molecule has 0 unspecified atom stereocenters. The lowest BCUT2D eigenvalue weighted by molar-refractivity contribution is -0.384. The average Bonchev–Trinajstić information content (AvgIpc) is 3.03. The van der Waals surface area contributed by atoms with Gasteiger partial charge in [-0.05, 0) is 25.5 Å². The maximum Gasteiger partial charge on any atom is 0.421 e. The van der Waals surface area contributed by atoms with E-state index in [1.54, 1.807) is 0 Å². The molecule has 2 aliphatic rings. The Labute approximate surface area is 160 Å². The van der Waals surface area contributed by atoms with Gasteiger partial charge < -0.3 is 14.1 Å². The van der Waals surface area contributed by atoms with Gasteiger partial charge in [-0.3, -0.25) is 24.4 Å². The number of carbonyl (C=O) groups excluding carboxylic acids is 1. The Balaban J connectivity index is 1.51. The molecule has 0 radical (unpaired) electrons. The van der Waals surface area contributed by atoms with E-state index < -0.39 is 10.7 Å². The fourth-order valence-corrected chi connectivity index (χ4v) is 3.93. The highest BCUT2D eigenvalue weighted by Crippen LogP contribution is 2.23. The van der Waals surface area contributed by atoms with E-state index in [-0.39, 0.29) is 24.2 Å². The number of nitro benzene ring substituents is 1. The van der Waals surface area contributed by atoms with Crippen LogP contribution in [0, 0.1) is 16.0 Å². The van der Waals surface area contributed by atoms with Crippen LogP contribution in [0.2, 0.25) is 0 Å². The number of rotatable bonds is 4.